The fourth-order valence-corrected chi connectivity index (χ4v) is 5.79. The molecule has 0 amide bonds. The van der Waals surface area contributed by atoms with Crippen molar-refractivity contribution in [3.05, 3.63) is 0 Å². The molecule has 1 unspecified atom stereocenters. The SMILES string of the molecule is CCCCCCCCCCCCCC(=O)OC(CO)COCC[C@H](CCCCCCC)OC(=O)CCCCCCCCCCC. The van der Waals surface area contributed by atoms with Crippen LogP contribution in [0.5, 0.6) is 0 Å². The molecule has 0 saturated heterocycles. The molecule has 0 aliphatic carbocycles. The molecule has 0 bridgehead atoms. The number of unbranched alkanes of at least 4 members (excludes halogenated alkanes) is 22. The predicted octanol–water partition coefficient (Wildman–Crippen LogP) is 11.2. The Labute approximate surface area is 279 Å². The molecular formula is C39H76O6. The number of carbonyl (C=O) groups excluding carboxylic acids is 2. The van der Waals surface area contributed by atoms with Crippen molar-refractivity contribution in [2.24, 2.45) is 0 Å². The second-order valence-corrected chi connectivity index (χ2v) is 13.3. The number of rotatable bonds is 36. The van der Waals surface area contributed by atoms with Crippen LogP contribution in [0, 0.1) is 0 Å². The number of carbonyl (C=O) groups is 2. The van der Waals surface area contributed by atoms with Crippen molar-refractivity contribution in [2.45, 2.75) is 219 Å². The normalized spacial score (nSPS) is 12.7. The number of aliphatic hydroxyl groups is 1. The molecule has 0 aromatic heterocycles. The van der Waals surface area contributed by atoms with Gasteiger partial charge in [0.25, 0.3) is 0 Å². The van der Waals surface area contributed by atoms with Gasteiger partial charge >= 0.3 is 11.9 Å². The van der Waals surface area contributed by atoms with Gasteiger partial charge in [-0.05, 0) is 25.7 Å². The van der Waals surface area contributed by atoms with Gasteiger partial charge in [-0.25, -0.2) is 0 Å². The van der Waals surface area contributed by atoms with Gasteiger partial charge in [0.05, 0.1) is 19.8 Å². The molecule has 268 valence electrons. The summed E-state index contributed by atoms with van der Waals surface area (Å²) in [6.07, 6.45) is 32.1. The third-order valence-electron chi connectivity index (χ3n) is 8.79. The van der Waals surface area contributed by atoms with Crippen LogP contribution in [0.2, 0.25) is 0 Å². The zero-order valence-corrected chi connectivity index (χ0v) is 30.3. The van der Waals surface area contributed by atoms with Gasteiger partial charge in [-0.2, -0.15) is 0 Å². The van der Waals surface area contributed by atoms with E-state index in [9.17, 15) is 14.7 Å². The van der Waals surface area contributed by atoms with Crippen LogP contribution < -0.4 is 0 Å². The van der Waals surface area contributed by atoms with E-state index in [1.807, 2.05) is 0 Å². The van der Waals surface area contributed by atoms with Crippen LogP contribution in [0.4, 0.5) is 0 Å². The molecule has 0 rings (SSSR count). The summed E-state index contributed by atoms with van der Waals surface area (Å²) in [5.74, 6) is -0.356. The highest BCUT2D eigenvalue weighted by Gasteiger charge is 2.17. The standard InChI is InChI=1S/C39H76O6/c1-4-7-10-13-15-17-18-20-22-25-28-31-39(42)45-37(34-40)35-43-33-32-36(29-26-23-12-9-6-3)44-38(41)30-27-24-21-19-16-14-11-8-5-2/h36-37,40H,4-35H2,1-3H3/t36-,37?/m0/s1. The van der Waals surface area contributed by atoms with Crippen LogP contribution in [0.1, 0.15) is 207 Å². The Morgan fingerprint density at radius 1 is 0.467 bits per heavy atom. The van der Waals surface area contributed by atoms with Crippen molar-refractivity contribution < 1.29 is 28.9 Å². The van der Waals surface area contributed by atoms with E-state index < -0.39 is 6.10 Å². The Kier molecular flexibility index (Phi) is 34.8. The molecule has 0 saturated carbocycles. The topological polar surface area (TPSA) is 82.1 Å². The Hall–Kier alpha value is -1.14. The summed E-state index contributed by atoms with van der Waals surface area (Å²) in [4.78, 5) is 24.8. The first-order valence-corrected chi connectivity index (χ1v) is 19.6. The molecule has 0 aliphatic rings. The first-order chi connectivity index (χ1) is 22.1. The highest BCUT2D eigenvalue weighted by Crippen LogP contribution is 2.16. The summed E-state index contributed by atoms with van der Waals surface area (Å²) in [5, 5.41) is 9.71. The van der Waals surface area contributed by atoms with Crippen LogP contribution in [0.3, 0.4) is 0 Å². The molecule has 6 heteroatoms. The highest BCUT2D eigenvalue weighted by molar-refractivity contribution is 5.69. The predicted molar refractivity (Wildman–Crippen MR) is 189 cm³/mol. The van der Waals surface area contributed by atoms with Crippen LogP contribution in [-0.4, -0.2) is 49.1 Å². The fraction of sp³-hybridized carbons (Fsp3) is 0.949. The van der Waals surface area contributed by atoms with E-state index in [1.54, 1.807) is 0 Å². The maximum absolute atomic E-state index is 12.6. The van der Waals surface area contributed by atoms with E-state index in [0.717, 1.165) is 51.4 Å². The monoisotopic (exact) mass is 641 g/mol. The second-order valence-electron chi connectivity index (χ2n) is 13.3. The van der Waals surface area contributed by atoms with E-state index in [4.69, 9.17) is 14.2 Å². The minimum Gasteiger partial charge on any atom is -0.462 e. The van der Waals surface area contributed by atoms with Crippen molar-refractivity contribution in [1.29, 1.82) is 0 Å². The van der Waals surface area contributed by atoms with Gasteiger partial charge < -0.3 is 19.3 Å². The molecule has 0 radical (unpaired) electrons. The van der Waals surface area contributed by atoms with Gasteiger partial charge in [-0.15, -0.1) is 0 Å². The van der Waals surface area contributed by atoms with Crippen molar-refractivity contribution in [3.8, 4) is 0 Å². The Morgan fingerprint density at radius 3 is 1.22 bits per heavy atom. The summed E-state index contributed by atoms with van der Waals surface area (Å²) in [6.45, 7) is 7.04. The van der Waals surface area contributed by atoms with Crippen molar-refractivity contribution in [2.75, 3.05) is 19.8 Å². The van der Waals surface area contributed by atoms with Crippen LogP contribution in [-0.2, 0) is 23.8 Å². The summed E-state index contributed by atoms with van der Waals surface area (Å²) in [7, 11) is 0. The first-order valence-electron chi connectivity index (χ1n) is 19.6. The van der Waals surface area contributed by atoms with E-state index in [2.05, 4.69) is 20.8 Å². The molecule has 0 aliphatic heterocycles. The highest BCUT2D eigenvalue weighted by atomic mass is 16.6. The summed E-state index contributed by atoms with van der Waals surface area (Å²) >= 11 is 0. The summed E-state index contributed by atoms with van der Waals surface area (Å²) < 4.78 is 17.1. The Balaban J connectivity index is 4.15. The average Bonchev–Trinajstić information content (AvgIpc) is 3.03. The van der Waals surface area contributed by atoms with Crippen LogP contribution >= 0.6 is 0 Å². The summed E-state index contributed by atoms with van der Waals surface area (Å²) in [6, 6.07) is 0. The van der Waals surface area contributed by atoms with E-state index >= 15 is 0 Å². The van der Waals surface area contributed by atoms with Crippen molar-refractivity contribution >= 4 is 11.9 Å². The summed E-state index contributed by atoms with van der Waals surface area (Å²) in [5.41, 5.74) is 0. The third kappa shape index (κ3) is 32.6. The molecule has 45 heavy (non-hydrogen) atoms. The third-order valence-corrected chi connectivity index (χ3v) is 8.79. The second kappa shape index (κ2) is 35.7. The number of hydrogen-bond acceptors (Lipinski definition) is 6. The van der Waals surface area contributed by atoms with E-state index in [-0.39, 0.29) is 31.3 Å². The van der Waals surface area contributed by atoms with Crippen molar-refractivity contribution in [3.63, 3.8) is 0 Å². The van der Waals surface area contributed by atoms with Gasteiger partial charge in [0.15, 0.2) is 0 Å². The van der Waals surface area contributed by atoms with Gasteiger partial charge in [0.2, 0.25) is 0 Å². The number of aliphatic hydroxyl groups excluding tert-OH is 1. The van der Waals surface area contributed by atoms with Gasteiger partial charge in [0, 0.05) is 19.3 Å². The number of ether oxygens (including phenoxy) is 3. The number of hydrogen-bond donors (Lipinski definition) is 1. The Morgan fingerprint density at radius 2 is 0.822 bits per heavy atom. The lowest BCUT2D eigenvalue weighted by Gasteiger charge is -2.20. The number of esters is 2. The average molecular weight is 641 g/mol. The van der Waals surface area contributed by atoms with E-state index in [1.165, 1.54) is 116 Å². The zero-order chi connectivity index (χ0) is 33.1. The lowest BCUT2D eigenvalue weighted by Crippen LogP contribution is -2.28. The quantitative estimate of drug-likeness (QED) is 0.0542. The largest absolute Gasteiger partial charge is 0.462 e. The molecular weight excluding hydrogens is 564 g/mol. The molecule has 0 fully saturated rings. The zero-order valence-electron chi connectivity index (χ0n) is 30.3. The molecule has 1 N–H and O–H groups in total. The van der Waals surface area contributed by atoms with E-state index in [0.29, 0.717) is 25.9 Å². The fourth-order valence-electron chi connectivity index (χ4n) is 5.79. The van der Waals surface area contributed by atoms with Gasteiger partial charge in [0.1, 0.15) is 12.2 Å². The first kappa shape index (κ1) is 43.9. The minimum absolute atomic E-state index is 0.0962. The van der Waals surface area contributed by atoms with Crippen LogP contribution in [0.15, 0.2) is 0 Å². The van der Waals surface area contributed by atoms with Gasteiger partial charge in [-0.1, -0.05) is 162 Å². The molecule has 2 atom stereocenters. The van der Waals surface area contributed by atoms with Gasteiger partial charge in [-0.3, -0.25) is 9.59 Å². The molecule has 0 aromatic carbocycles. The minimum atomic E-state index is -0.646. The molecule has 0 spiro atoms. The van der Waals surface area contributed by atoms with Crippen LogP contribution in [0.25, 0.3) is 0 Å². The molecule has 0 aromatic rings. The Bertz CT molecular complexity index is 625. The lowest BCUT2D eigenvalue weighted by atomic mass is 10.1. The smallest absolute Gasteiger partial charge is 0.306 e. The maximum Gasteiger partial charge on any atom is 0.306 e. The molecule has 6 nitrogen and oxygen atoms in total. The maximum atomic E-state index is 12.6. The lowest BCUT2D eigenvalue weighted by molar-refractivity contribution is -0.156. The molecule has 0 heterocycles. The van der Waals surface area contributed by atoms with Crippen molar-refractivity contribution in [1.82, 2.24) is 0 Å².